The first kappa shape index (κ1) is 12.0. The van der Waals surface area contributed by atoms with E-state index >= 15 is 0 Å². The summed E-state index contributed by atoms with van der Waals surface area (Å²) in [6, 6.07) is 21.5. The fourth-order valence-corrected chi connectivity index (χ4v) is 1.89. The SMILES string of the molecule is [Pt].[c-]1cccc2cccc(-c3ccccn3)c12. The van der Waals surface area contributed by atoms with Gasteiger partial charge in [-0.2, -0.15) is 0 Å². The Morgan fingerprint density at radius 2 is 1.76 bits per heavy atom. The summed E-state index contributed by atoms with van der Waals surface area (Å²) in [6.07, 6.45) is 1.82. The van der Waals surface area contributed by atoms with Gasteiger partial charge in [0.05, 0.1) is 0 Å². The minimum atomic E-state index is 0. The van der Waals surface area contributed by atoms with Crippen molar-refractivity contribution in [3.05, 3.63) is 66.9 Å². The van der Waals surface area contributed by atoms with Crippen molar-refractivity contribution in [2.45, 2.75) is 0 Å². The number of hydrogen-bond donors (Lipinski definition) is 0. The molecule has 1 nitrogen and oxygen atoms in total. The first-order valence-corrected chi connectivity index (χ1v) is 5.26. The minimum Gasteiger partial charge on any atom is -0.266 e. The fourth-order valence-electron chi connectivity index (χ4n) is 1.89. The summed E-state index contributed by atoms with van der Waals surface area (Å²) in [4.78, 5) is 4.38. The molecule has 0 radical (unpaired) electrons. The molecule has 1 aromatic heterocycles. The van der Waals surface area contributed by atoms with Crippen molar-refractivity contribution >= 4 is 10.8 Å². The van der Waals surface area contributed by atoms with E-state index in [9.17, 15) is 0 Å². The van der Waals surface area contributed by atoms with Crippen LogP contribution >= 0.6 is 0 Å². The Kier molecular flexibility index (Phi) is 3.71. The van der Waals surface area contributed by atoms with E-state index in [1.54, 1.807) is 0 Å². The predicted octanol–water partition coefficient (Wildman–Crippen LogP) is 3.70. The molecule has 86 valence electrons. The van der Waals surface area contributed by atoms with Gasteiger partial charge in [-0.05, 0) is 12.1 Å². The van der Waals surface area contributed by atoms with Gasteiger partial charge in [-0.25, -0.2) is 0 Å². The number of aromatic nitrogens is 1. The second kappa shape index (κ2) is 5.25. The molecular formula is C15H10NPt-. The average Bonchev–Trinajstić information content (AvgIpc) is 2.39. The number of pyridine rings is 1. The molecule has 0 fully saturated rings. The number of rotatable bonds is 1. The van der Waals surface area contributed by atoms with Crippen molar-refractivity contribution in [2.75, 3.05) is 0 Å². The van der Waals surface area contributed by atoms with Crippen LogP contribution in [-0.2, 0) is 21.1 Å². The van der Waals surface area contributed by atoms with Gasteiger partial charge in [-0.3, -0.25) is 4.98 Å². The molecule has 2 heteroatoms. The van der Waals surface area contributed by atoms with Crippen molar-refractivity contribution < 1.29 is 21.1 Å². The first-order chi connectivity index (χ1) is 7.95. The van der Waals surface area contributed by atoms with Crippen molar-refractivity contribution in [1.82, 2.24) is 4.98 Å². The van der Waals surface area contributed by atoms with Crippen LogP contribution in [0.25, 0.3) is 22.0 Å². The Balaban J connectivity index is 0.00000108. The third-order valence-corrected chi connectivity index (χ3v) is 2.64. The zero-order chi connectivity index (χ0) is 10.8. The molecule has 0 atom stereocenters. The maximum atomic E-state index is 4.38. The van der Waals surface area contributed by atoms with E-state index in [4.69, 9.17) is 0 Å². The maximum Gasteiger partial charge on any atom is 0.0294 e. The third kappa shape index (κ3) is 2.30. The van der Waals surface area contributed by atoms with Gasteiger partial charge in [0.25, 0.3) is 0 Å². The van der Waals surface area contributed by atoms with Crippen LogP contribution in [0.4, 0.5) is 0 Å². The van der Waals surface area contributed by atoms with Crippen molar-refractivity contribution in [3.63, 3.8) is 0 Å². The van der Waals surface area contributed by atoms with E-state index in [1.807, 2.05) is 36.5 Å². The summed E-state index contributed by atoms with van der Waals surface area (Å²) >= 11 is 0. The van der Waals surface area contributed by atoms with Crippen LogP contribution in [0.15, 0.2) is 60.8 Å². The van der Waals surface area contributed by atoms with Crippen LogP contribution < -0.4 is 0 Å². The van der Waals surface area contributed by atoms with E-state index in [0.717, 1.165) is 16.6 Å². The van der Waals surface area contributed by atoms with Gasteiger partial charge in [-0.15, -0.1) is 35.0 Å². The van der Waals surface area contributed by atoms with Crippen LogP contribution in [0, 0.1) is 6.07 Å². The summed E-state index contributed by atoms with van der Waals surface area (Å²) in [5, 5.41) is 2.33. The summed E-state index contributed by atoms with van der Waals surface area (Å²) in [5.41, 5.74) is 2.13. The molecule has 2 aromatic carbocycles. The Labute approximate surface area is 115 Å². The van der Waals surface area contributed by atoms with Crippen molar-refractivity contribution in [2.24, 2.45) is 0 Å². The molecule has 0 aliphatic rings. The van der Waals surface area contributed by atoms with Gasteiger partial charge in [0.2, 0.25) is 0 Å². The number of fused-ring (bicyclic) bond motifs is 1. The van der Waals surface area contributed by atoms with Crippen molar-refractivity contribution in [1.29, 1.82) is 0 Å². The van der Waals surface area contributed by atoms with Crippen LogP contribution in [0.5, 0.6) is 0 Å². The van der Waals surface area contributed by atoms with E-state index in [-0.39, 0.29) is 21.1 Å². The fraction of sp³-hybridized carbons (Fsp3) is 0. The first-order valence-electron chi connectivity index (χ1n) is 5.26. The molecule has 0 saturated carbocycles. The van der Waals surface area contributed by atoms with Crippen LogP contribution in [0.1, 0.15) is 0 Å². The smallest absolute Gasteiger partial charge is 0.0294 e. The number of hydrogen-bond acceptors (Lipinski definition) is 1. The molecule has 17 heavy (non-hydrogen) atoms. The molecule has 1 heterocycles. The Bertz CT molecular complexity index is 615. The molecular weight excluding hydrogens is 389 g/mol. The monoisotopic (exact) mass is 399 g/mol. The van der Waals surface area contributed by atoms with E-state index in [1.165, 1.54) is 5.39 Å². The molecule has 0 spiro atoms. The van der Waals surface area contributed by atoms with Crippen LogP contribution in [0.2, 0.25) is 0 Å². The summed E-state index contributed by atoms with van der Waals surface area (Å²) in [7, 11) is 0. The number of nitrogens with zero attached hydrogens (tertiary/aromatic N) is 1. The molecule has 0 saturated heterocycles. The molecule has 3 rings (SSSR count). The summed E-state index contributed by atoms with van der Waals surface area (Å²) < 4.78 is 0. The zero-order valence-electron chi connectivity index (χ0n) is 9.04. The normalized spacial score (nSPS) is 9.88. The molecule has 0 aliphatic heterocycles. The molecule has 0 bridgehead atoms. The van der Waals surface area contributed by atoms with Gasteiger partial charge in [-0.1, -0.05) is 29.8 Å². The minimum absolute atomic E-state index is 0. The van der Waals surface area contributed by atoms with E-state index < -0.39 is 0 Å². The zero-order valence-corrected chi connectivity index (χ0v) is 11.3. The second-order valence-electron chi connectivity index (χ2n) is 3.65. The largest absolute Gasteiger partial charge is 0.266 e. The van der Waals surface area contributed by atoms with E-state index in [2.05, 4.69) is 35.3 Å². The summed E-state index contributed by atoms with van der Waals surface area (Å²) in [6.45, 7) is 0. The topological polar surface area (TPSA) is 12.9 Å². The average molecular weight is 399 g/mol. The van der Waals surface area contributed by atoms with Crippen LogP contribution in [-0.4, -0.2) is 4.98 Å². The quantitative estimate of drug-likeness (QED) is 0.569. The van der Waals surface area contributed by atoms with Crippen molar-refractivity contribution in [3.8, 4) is 11.3 Å². The predicted molar refractivity (Wildman–Crippen MR) is 66.0 cm³/mol. The summed E-state index contributed by atoms with van der Waals surface area (Å²) in [5.74, 6) is 0. The Morgan fingerprint density at radius 1 is 0.882 bits per heavy atom. The van der Waals surface area contributed by atoms with Gasteiger partial charge < -0.3 is 0 Å². The third-order valence-electron chi connectivity index (χ3n) is 2.64. The van der Waals surface area contributed by atoms with Gasteiger partial charge in [0.1, 0.15) is 0 Å². The van der Waals surface area contributed by atoms with Crippen LogP contribution in [0.3, 0.4) is 0 Å². The second-order valence-corrected chi connectivity index (χ2v) is 3.65. The Morgan fingerprint density at radius 3 is 2.59 bits per heavy atom. The van der Waals surface area contributed by atoms with E-state index in [0.29, 0.717) is 0 Å². The maximum absolute atomic E-state index is 4.38. The molecule has 0 unspecified atom stereocenters. The molecule has 3 aromatic rings. The molecule has 0 N–H and O–H groups in total. The van der Waals surface area contributed by atoms with Gasteiger partial charge >= 0.3 is 0 Å². The van der Waals surface area contributed by atoms with Gasteiger partial charge in [0, 0.05) is 33.0 Å². The standard InChI is InChI=1S/C15H10N.Pt/c1-2-8-13-12(6-1)7-5-9-14(13)15-10-3-4-11-16-15;/h1-7,9-11H;/q-1;. The molecule has 0 amide bonds. The molecule has 0 aliphatic carbocycles. The van der Waals surface area contributed by atoms with Gasteiger partial charge in [0.15, 0.2) is 0 Å². The Hall–Kier alpha value is -1.46. The number of benzene rings is 2.